The van der Waals surface area contributed by atoms with Crippen molar-refractivity contribution in [2.45, 2.75) is 43.8 Å². The average Bonchev–Trinajstić information content (AvgIpc) is 2.19. The molecule has 1 fully saturated rings. The Morgan fingerprint density at radius 1 is 1.38 bits per heavy atom. The van der Waals surface area contributed by atoms with Crippen LogP contribution in [0.15, 0.2) is 0 Å². The first-order chi connectivity index (χ1) is 6.33. The molecule has 0 heterocycles. The van der Waals surface area contributed by atoms with Crippen LogP contribution < -0.4 is 0 Å². The van der Waals surface area contributed by atoms with Crippen molar-refractivity contribution >= 4 is 17.7 Å². The van der Waals surface area contributed by atoms with Crippen molar-refractivity contribution in [1.82, 2.24) is 0 Å². The van der Waals surface area contributed by atoms with Crippen molar-refractivity contribution in [3.8, 4) is 0 Å². The fourth-order valence-corrected chi connectivity index (χ4v) is 2.93. The van der Waals surface area contributed by atoms with Gasteiger partial charge in [0.1, 0.15) is 0 Å². The summed E-state index contributed by atoms with van der Waals surface area (Å²) < 4.78 is 4.59. The highest BCUT2D eigenvalue weighted by Crippen LogP contribution is 2.28. The molecule has 1 saturated carbocycles. The van der Waals surface area contributed by atoms with Crippen LogP contribution in [0.25, 0.3) is 0 Å². The van der Waals surface area contributed by atoms with Gasteiger partial charge in [0.05, 0.1) is 13.5 Å². The Kier molecular flexibility index (Phi) is 5.28. The van der Waals surface area contributed by atoms with Gasteiger partial charge in [0.25, 0.3) is 0 Å². The molecular weight excluding hydrogens is 184 g/mol. The number of hydrogen-bond donors (Lipinski definition) is 0. The molecule has 76 valence electrons. The van der Waals surface area contributed by atoms with E-state index in [2.05, 4.69) is 4.74 Å². The molecule has 1 aliphatic rings. The van der Waals surface area contributed by atoms with Crippen molar-refractivity contribution < 1.29 is 9.53 Å². The van der Waals surface area contributed by atoms with Gasteiger partial charge in [0.2, 0.25) is 0 Å². The summed E-state index contributed by atoms with van der Waals surface area (Å²) >= 11 is 1.94. The number of ether oxygens (including phenoxy) is 1. The Morgan fingerprint density at radius 2 is 2.08 bits per heavy atom. The SMILES string of the molecule is COC(=O)CCSC1CCCCC1. The van der Waals surface area contributed by atoms with Gasteiger partial charge < -0.3 is 4.74 Å². The van der Waals surface area contributed by atoms with Crippen molar-refractivity contribution in [3.05, 3.63) is 0 Å². The van der Waals surface area contributed by atoms with E-state index < -0.39 is 0 Å². The summed E-state index contributed by atoms with van der Waals surface area (Å²) in [5, 5.41) is 0.804. The molecule has 3 heteroatoms. The van der Waals surface area contributed by atoms with Crippen LogP contribution in [-0.4, -0.2) is 24.1 Å². The first-order valence-corrected chi connectivity index (χ1v) is 6.06. The molecule has 0 radical (unpaired) electrons. The van der Waals surface area contributed by atoms with E-state index in [-0.39, 0.29) is 5.97 Å². The molecule has 0 aliphatic heterocycles. The molecule has 1 aliphatic carbocycles. The standard InChI is InChI=1S/C10H18O2S/c1-12-10(11)7-8-13-9-5-3-2-4-6-9/h9H,2-8H2,1H3. The highest BCUT2D eigenvalue weighted by Gasteiger charge is 2.13. The van der Waals surface area contributed by atoms with Crippen LogP contribution in [0.5, 0.6) is 0 Å². The second-order valence-electron chi connectivity index (χ2n) is 3.46. The van der Waals surface area contributed by atoms with E-state index in [0.29, 0.717) is 6.42 Å². The summed E-state index contributed by atoms with van der Waals surface area (Å²) in [6.45, 7) is 0. The predicted molar refractivity (Wildman–Crippen MR) is 56.0 cm³/mol. The van der Waals surface area contributed by atoms with E-state index in [1.54, 1.807) is 0 Å². The molecule has 0 spiro atoms. The summed E-state index contributed by atoms with van der Waals surface area (Å²) in [6.07, 6.45) is 7.38. The van der Waals surface area contributed by atoms with Gasteiger partial charge in [-0.15, -0.1) is 0 Å². The molecule has 0 N–H and O–H groups in total. The molecular formula is C10H18O2S. The molecule has 0 bridgehead atoms. The zero-order valence-electron chi connectivity index (χ0n) is 8.25. The number of methoxy groups -OCH3 is 1. The molecule has 0 aromatic rings. The maximum absolute atomic E-state index is 10.8. The lowest BCUT2D eigenvalue weighted by Crippen LogP contribution is -2.10. The normalized spacial score (nSPS) is 18.5. The van der Waals surface area contributed by atoms with E-state index in [1.807, 2.05) is 11.8 Å². The summed E-state index contributed by atoms with van der Waals surface area (Å²) in [5.74, 6) is 0.848. The van der Waals surface area contributed by atoms with E-state index in [4.69, 9.17) is 0 Å². The number of esters is 1. The smallest absolute Gasteiger partial charge is 0.306 e. The average molecular weight is 202 g/mol. The molecule has 1 rings (SSSR count). The van der Waals surface area contributed by atoms with Crippen LogP contribution in [0, 0.1) is 0 Å². The molecule has 2 nitrogen and oxygen atoms in total. The minimum atomic E-state index is -0.0803. The van der Waals surface area contributed by atoms with Gasteiger partial charge in [-0.05, 0) is 12.8 Å². The molecule has 0 atom stereocenters. The van der Waals surface area contributed by atoms with Gasteiger partial charge >= 0.3 is 5.97 Å². The first kappa shape index (κ1) is 10.9. The Hall–Kier alpha value is -0.180. The minimum absolute atomic E-state index is 0.0803. The summed E-state index contributed by atoms with van der Waals surface area (Å²) in [4.78, 5) is 10.8. The lowest BCUT2D eigenvalue weighted by atomic mass is 10.0. The molecule has 0 amide bonds. The maximum Gasteiger partial charge on any atom is 0.306 e. The van der Waals surface area contributed by atoms with Gasteiger partial charge in [-0.3, -0.25) is 4.79 Å². The summed E-state index contributed by atoms with van der Waals surface area (Å²) in [6, 6.07) is 0. The second kappa shape index (κ2) is 6.30. The monoisotopic (exact) mass is 202 g/mol. The lowest BCUT2D eigenvalue weighted by Gasteiger charge is -2.20. The zero-order valence-corrected chi connectivity index (χ0v) is 9.07. The van der Waals surface area contributed by atoms with Crippen molar-refractivity contribution in [2.75, 3.05) is 12.9 Å². The molecule has 0 unspecified atom stereocenters. The van der Waals surface area contributed by atoms with Gasteiger partial charge in [0, 0.05) is 11.0 Å². The predicted octanol–water partition coefficient (Wildman–Crippen LogP) is 2.62. The van der Waals surface area contributed by atoms with Crippen LogP contribution in [0.4, 0.5) is 0 Å². The van der Waals surface area contributed by atoms with E-state index in [0.717, 1.165) is 11.0 Å². The van der Waals surface area contributed by atoms with Gasteiger partial charge in [-0.25, -0.2) is 0 Å². The van der Waals surface area contributed by atoms with E-state index in [9.17, 15) is 4.79 Å². The van der Waals surface area contributed by atoms with Gasteiger partial charge in [0.15, 0.2) is 0 Å². The maximum atomic E-state index is 10.8. The highest BCUT2D eigenvalue weighted by atomic mass is 32.2. The third-order valence-corrected chi connectivity index (χ3v) is 3.82. The topological polar surface area (TPSA) is 26.3 Å². The number of carbonyl (C=O) groups excluding carboxylic acids is 1. The Labute approximate surface area is 84.4 Å². The molecule has 13 heavy (non-hydrogen) atoms. The van der Waals surface area contributed by atoms with E-state index >= 15 is 0 Å². The van der Waals surface area contributed by atoms with Gasteiger partial charge in [-0.1, -0.05) is 19.3 Å². The first-order valence-electron chi connectivity index (χ1n) is 5.01. The summed E-state index contributed by atoms with van der Waals surface area (Å²) in [5.41, 5.74) is 0. The molecule has 0 aromatic heterocycles. The van der Waals surface area contributed by atoms with Crippen LogP contribution in [0.3, 0.4) is 0 Å². The van der Waals surface area contributed by atoms with Crippen LogP contribution in [0.2, 0.25) is 0 Å². The Morgan fingerprint density at radius 3 is 2.69 bits per heavy atom. The highest BCUT2D eigenvalue weighted by molar-refractivity contribution is 7.99. The molecule has 0 aromatic carbocycles. The third-order valence-electron chi connectivity index (χ3n) is 2.44. The molecule has 0 saturated heterocycles. The van der Waals surface area contributed by atoms with Crippen LogP contribution >= 0.6 is 11.8 Å². The number of hydrogen-bond acceptors (Lipinski definition) is 3. The number of thioether (sulfide) groups is 1. The van der Waals surface area contributed by atoms with Crippen molar-refractivity contribution in [3.63, 3.8) is 0 Å². The Bertz CT molecular complexity index is 153. The largest absolute Gasteiger partial charge is 0.469 e. The summed E-state index contributed by atoms with van der Waals surface area (Å²) in [7, 11) is 1.45. The number of rotatable bonds is 4. The quantitative estimate of drug-likeness (QED) is 0.655. The van der Waals surface area contributed by atoms with E-state index in [1.165, 1.54) is 39.2 Å². The fraction of sp³-hybridized carbons (Fsp3) is 0.900. The fourth-order valence-electron chi connectivity index (χ4n) is 1.64. The number of carbonyl (C=O) groups is 1. The van der Waals surface area contributed by atoms with Gasteiger partial charge in [-0.2, -0.15) is 11.8 Å². The Balaban J connectivity index is 2.01. The van der Waals surface area contributed by atoms with Crippen LogP contribution in [0.1, 0.15) is 38.5 Å². The third kappa shape index (κ3) is 4.55. The zero-order chi connectivity index (χ0) is 9.52. The second-order valence-corrected chi connectivity index (χ2v) is 4.87. The van der Waals surface area contributed by atoms with Crippen LogP contribution in [-0.2, 0) is 9.53 Å². The minimum Gasteiger partial charge on any atom is -0.469 e. The lowest BCUT2D eigenvalue weighted by molar-refractivity contribution is -0.140. The van der Waals surface area contributed by atoms with Crippen molar-refractivity contribution in [1.29, 1.82) is 0 Å². The van der Waals surface area contributed by atoms with Crippen molar-refractivity contribution in [2.24, 2.45) is 0 Å².